The van der Waals surface area contributed by atoms with Gasteiger partial charge in [0.25, 0.3) is 5.91 Å². The van der Waals surface area contributed by atoms with Crippen LogP contribution in [0, 0.1) is 0 Å². The maximum Gasteiger partial charge on any atom is 0.250 e. The predicted molar refractivity (Wildman–Crippen MR) is 112 cm³/mol. The fourth-order valence-electron chi connectivity index (χ4n) is 3.16. The summed E-state index contributed by atoms with van der Waals surface area (Å²) in [4.78, 5) is 26.1. The Labute approximate surface area is 165 Å². The minimum absolute atomic E-state index is 0. The highest BCUT2D eigenvalue weighted by Gasteiger charge is 2.18. The summed E-state index contributed by atoms with van der Waals surface area (Å²) < 4.78 is 0. The van der Waals surface area contributed by atoms with Crippen LogP contribution in [-0.4, -0.2) is 31.4 Å². The van der Waals surface area contributed by atoms with Crippen LogP contribution >= 0.6 is 12.4 Å². The van der Waals surface area contributed by atoms with Gasteiger partial charge in [-0.1, -0.05) is 18.2 Å². The minimum atomic E-state index is -0.450. The van der Waals surface area contributed by atoms with Crippen molar-refractivity contribution in [1.82, 2.24) is 0 Å². The van der Waals surface area contributed by atoms with Crippen molar-refractivity contribution < 1.29 is 9.59 Å². The number of nitrogens with two attached hydrogens (primary N) is 1. The van der Waals surface area contributed by atoms with E-state index >= 15 is 0 Å². The Hall–Kier alpha value is -2.73. The highest BCUT2D eigenvalue weighted by Crippen LogP contribution is 2.27. The van der Waals surface area contributed by atoms with E-state index in [2.05, 4.69) is 15.5 Å². The number of carbonyl (C=O) groups is 2. The van der Waals surface area contributed by atoms with Crippen molar-refractivity contribution >= 4 is 41.3 Å². The topological polar surface area (TPSA) is 87.5 Å². The SMILES string of the molecule is Cl.NC(=O)c1ccc(NC(=O)CNc2ccccc2)cc1N1CCCCC1. The van der Waals surface area contributed by atoms with Crippen molar-refractivity contribution in [3.05, 3.63) is 54.1 Å². The molecule has 3 rings (SSSR count). The van der Waals surface area contributed by atoms with Crippen LogP contribution in [0.25, 0.3) is 0 Å². The molecule has 0 spiro atoms. The summed E-state index contributed by atoms with van der Waals surface area (Å²) in [6.45, 7) is 1.96. The second-order valence-electron chi connectivity index (χ2n) is 6.41. The zero-order chi connectivity index (χ0) is 18.4. The van der Waals surface area contributed by atoms with Crippen LogP contribution in [-0.2, 0) is 4.79 Å². The van der Waals surface area contributed by atoms with Gasteiger partial charge in [0, 0.05) is 24.5 Å². The number of para-hydroxylation sites is 1. The van der Waals surface area contributed by atoms with Crippen molar-refractivity contribution in [2.75, 3.05) is 35.2 Å². The minimum Gasteiger partial charge on any atom is -0.376 e. The van der Waals surface area contributed by atoms with E-state index < -0.39 is 5.91 Å². The van der Waals surface area contributed by atoms with Gasteiger partial charge < -0.3 is 21.3 Å². The highest BCUT2D eigenvalue weighted by molar-refractivity contribution is 6.01. The molecule has 7 heteroatoms. The molecule has 0 atom stereocenters. The van der Waals surface area contributed by atoms with Crippen molar-refractivity contribution in [3.8, 4) is 0 Å². The van der Waals surface area contributed by atoms with Crippen molar-refractivity contribution in [3.63, 3.8) is 0 Å². The lowest BCUT2D eigenvalue weighted by Crippen LogP contribution is -2.31. The van der Waals surface area contributed by atoms with Crippen LogP contribution in [0.3, 0.4) is 0 Å². The second kappa shape index (κ2) is 9.83. The molecule has 144 valence electrons. The number of halogens is 1. The molecule has 2 aromatic rings. The normalized spacial score (nSPS) is 13.4. The van der Waals surface area contributed by atoms with Crippen LogP contribution in [0.2, 0.25) is 0 Å². The van der Waals surface area contributed by atoms with E-state index in [1.54, 1.807) is 12.1 Å². The Bertz CT molecular complexity index is 777. The van der Waals surface area contributed by atoms with E-state index in [9.17, 15) is 9.59 Å². The summed E-state index contributed by atoms with van der Waals surface area (Å²) in [6, 6.07) is 14.8. The molecule has 0 saturated carbocycles. The number of nitrogens with one attached hydrogen (secondary N) is 2. The van der Waals surface area contributed by atoms with Gasteiger partial charge in [0.05, 0.1) is 17.8 Å². The first-order chi connectivity index (χ1) is 12.6. The lowest BCUT2D eigenvalue weighted by atomic mass is 10.1. The molecule has 0 unspecified atom stereocenters. The van der Waals surface area contributed by atoms with Gasteiger partial charge in [-0.25, -0.2) is 0 Å². The molecule has 1 fully saturated rings. The largest absolute Gasteiger partial charge is 0.376 e. The smallest absolute Gasteiger partial charge is 0.250 e. The van der Waals surface area contributed by atoms with Crippen LogP contribution in [0.15, 0.2) is 48.5 Å². The predicted octanol–water partition coefficient (Wildman–Crippen LogP) is 3.25. The average molecular weight is 389 g/mol. The van der Waals surface area contributed by atoms with Crippen LogP contribution in [0.4, 0.5) is 17.1 Å². The number of amides is 2. The standard InChI is InChI=1S/C20H24N4O2.ClH/c21-20(26)17-10-9-16(13-18(17)24-11-5-2-6-12-24)23-19(25)14-22-15-7-3-1-4-8-15;/h1,3-4,7-10,13,22H,2,5-6,11-12,14H2,(H2,21,26)(H,23,25);1H. The zero-order valence-electron chi connectivity index (χ0n) is 15.1. The number of rotatable bonds is 6. The fourth-order valence-corrected chi connectivity index (χ4v) is 3.16. The van der Waals surface area contributed by atoms with E-state index in [0.717, 1.165) is 37.3 Å². The number of hydrogen-bond acceptors (Lipinski definition) is 4. The summed E-state index contributed by atoms with van der Waals surface area (Å²) in [5.74, 6) is -0.598. The molecule has 0 radical (unpaired) electrons. The summed E-state index contributed by atoms with van der Waals surface area (Å²) in [5.41, 5.74) is 8.36. The third kappa shape index (κ3) is 5.62. The molecule has 2 amide bonds. The van der Waals surface area contributed by atoms with E-state index in [1.165, 1.54) is 6.42 Å². The fraction of sp³-hybridized carbons (Fsp3) is 0.300. The summed E-state index contributed by atoms with van der Waals surface area (Å²) in [6.07, 6.45) is 3.38. The average Bonchev–Trinajstić information content (AvgIpc) is 2.67. The first kappa shape index (κ1) is 20.6. The number of hydrogen-bond donors (Lipinski definition) is 3. The van der Waals surface area contributed by atoms with E-state index in [1.807, 2.05) is 36.4 Å². The van der Waals surface area contributed by atoms with Gasteiger partial charge in [0.15, 0.2) is 0 Å². The molecule has 6 nitrogen and oxygen atoms in total. The van der Waals surface area contributed by atoms with E-state index in [4.69, 9.17) is 5.73 Å². The molecule has 1 saturated heterocycles. The number of benzene rings is 2. The van der Waals surface area contributed by atoms with Crippen molar-refractivity contribution in [2.45, 2.75) is 19.3 Å². The molecule has 27 heavy (non-hydrogen) atoms. The highest BCUT2D eigenvalue weighted by atomic mass is 35.5. The zero-order valence-corrected chi connectivity index (χ0v) is 15.9. The molecule has 1 aliphatic heterocycles. The Balaban J connectivity index is 0.00000261. The molecule has 4 N–H and O–H groups in total. The number of piperidine rings is 1. The van der Waals surface area contributed by atoms with Gasteiger partial charge >= 0.3 is 0 Å². The molecule has 0 bridgehead atoms. The molecule has 0 aliphatic carbocycles. The van der Waals surface area contributed by atoms with Crippen LogP contribution in [0.5, 0.6) is 0 Å². The molecule has 0 aromatic heterocycles. The lowest BCUT2D eigenvalue weighted by Gasteiger charge is -2.30. The number of primary amides is 1. The monoisotopic (exact) mass is 388 g/mol. The maximum atomic E-state index is 12.2. The van der Waals surface area contributed by atoms with Gasteiger partial charge in [-0.15, -0.1) is 12.4 Å². The molecular formula is C20H25ClN4O2. The van der Waals surface area contributed by atoms with Crippen molar-refractivity contribution in [1.29, 1.82) is 0 Å². The molecule has 2 aromatic carbocycles. The Morgan fingerprint density at radius 2 is 1.67 bits per heavy atom. The summed E-state index contributed by atoms with van der Waals surface area (Å²) >= 11 is 0. The molecular weight excluding hydrogens is 364 g/mol. The Morgan fingerprint density at radius 1 is 0.963 bits per heavy atom. The lowest BCUT2D eigenvalue weighted by molar-refractivity contribution is -0.114. The second-order valence-corrected chi connectivity index (χ2v) is 6.41. The van der Waals surface area contributed by atoms with Crippen LogP contribution < -0.4 is 21.3 Å². The third-order valence-electron chi connectivity index (χ3n) is 4.47. The third-order valence-corrected chi connectivity index (χ3v) is 4.47. The Kier molecular flexibility index (Phi) is 7.49. The van der Waals surface area contributed by atoms with Gasteiger partial charge in [-0.05, 0) is 49.6 Å². The molecule has 1 heterocycles. The quantitative estimate of drug-likeness (QED) is 0.708. The number of nitrogens with zero attached hydrogens (tertiary/aromatic N) is 1. The van der Waals surface area contributed by atoms with Gasteiger partial charge in [-0.3, -0.25) is 9.59 Å². The first-order valence-electron chi connectivity index (χ1n) is 8.91. The first-order valence-corrected chi connectivity index (χ1v) is 8.91. The van der Waals surface area contributed by atoms with Crippen molar-refractivity contribution in [2.24, 2.45) is 5.73 Å². The Morgan fingerprint density at radius 3 is 2.33 bits per heavy atom. The van der Waals surface area contributed by atoms with Gasteiger partial charge in [-0.2, -0.15) is 0 Å². The molecule has 1 aliphatic rings. The number of anilines is 3. The van der Waals surface area contributed by atoms with Crippen LogP contribution in [0.1, 0.15) is 29.6 Å². The maximum absolute atomic E-state index is 12.2. The van der Waals surface area contributed by atoms with Gasteiger partial charge in [0.1, 0.15) is 0 Å². The number of carbonyl (C=O) groups excluding carboxylic acids is 2. The summed E-state index contributed by atoms with van der Waals surface area (Å²) in [5, 5.41) is 5.95. The van der Waals surface area contributed by atoms with E-state index in [-0.39, 0.29) is 24.9 Å². The van der Waals surface area contributed by atoms with E-state index in [0.29, 0.717) is 11.3 Å². The summed E-state index contributed by atoms with van der Waals surface area (Å²) in [7, 11) is 0. The van der Waals surface area contributed by atoms with Gasteiger partial charge in [0.2, 0.25) is 5.91 Å².